The maximum atomic E-state index is 13.9. The fraction of sp³-hybridized carbons (Fsp3) is 0.188. The Hall–Kier alpha value is -2.97. The summed E-state index contributed by atoms with van der Waals surface area (Å²) in [7, 11) is -1.09. The third kappa shape index (κ3) is 4.76. The maximum absolute atomic E-state index is 13.9. The van der Waals surface area contributed by atoms with Crippen LogP contribution in [0.15, 0.2) is 53.9 Å². The van der Waals surface area contributed by atoms with Crippen LogP contribution in [0.1, 0.15) is 17.3 Å². The van der Waals surface area contributed by atoms with Crippen LogP contribution in [0.25, 0.3) is 0 Å². The standard InChI is InChI=1S/C16H18BF2N3O3/c1-11(23)14-13(9-10-22(2)3)25-17(18,19)21-15(14)20-16(24)12-7-5-4-6-8-12/h4-10,21H,1-3H3,(H,20,24)/b10-9+. The van der Waals surface area contributed by atoms with Gasteiger partial charge in [0.05, 0.1) is 11.3 Å². The third-order valence-corrected chi connectivity index (χ3v) is 3.23. The van der Waals surface area contributed by atoms with Crippen LogP contribution in [0.5, 0.6) is 0 Å². The average Bonchev–Trinajstić information content (AvgIpc) is 2.52. The van der Waals surface area contributed by atoms with Crippen molar-refractivity contribution in [3.05, 3.63) is 59.5 Å². The van der Waals surface area contributed by atoms with E-state index in [9.17, 15) is 18.2 Å². The van der Waals surface area contributed by atoms with E-state index in [4.69, 9.17) is 0 Å². The van der Waals surface area contributed by atoms with Crippen molar-refractivity contribution in [2.45, 2.75) is 6.92 Å². The van der Waals surface area contributed by atoms with Crippen molar-refractivity contribution >= 4 is 24.6 Å². The largest absolute Gasteiger partial charge is 0.727 e. The molecule has 0 saturated carbocycles. The van der Waals surface area contributed by atoms with E-state index in [0.29, 0.717) is 0 Å². The summed E-state index contributed by atoms with van der Waals surface area (Å²) < 4.78 is 32.4. The number of rotatable bonds is 4. The quantitative estimate of drug-likeness (QED) is 0.763. The van der Waals surface area contributed by atoms with Gasteiger partial charge in [-0.15, -0.1) is 0 Å². The van der Waals surface area contributed by atoms with E-state index in [1.54, 1.807) is 37.2 Å². The molecule has 0 atom stereocenters. The highest BCUT2D eigenvalue weighted by atomic mass is 19.3. The average molecular weight is 349 g/mol. The SMILES string of the molecule is CC(=O)C1=C(/C=C/N(C)C)O[B-](F)(F)[NH+]=C1NC(=O)c1ccccc1. The lowest BCUT2D eigenvalue weighted by molar-refractivity contribution is -0.366. The number of carbonyl (C=O) groups is 2. The summed E-state index contributed by atoms with van der Waals surface area (Å²) in [6.07, 6.45) is 2.72. The number of halogens is 2. The first-order chi connectivity index (χ1) is 11.7. The second kappa shape index (κ2) is 7.29. The predicted molar refractivity (Wildman–Crippen MR) is 89.5 cm³/mol. The van der Waals surface area contributed by atoms with Gasteiger partial charge in [0.15, 0.2) is 5.78 Å². The van der Waals surface area contributed by atoms with Gasteiger partial charge in [-0.3, -0.25) is 4.79 Å². The number of hydrogen-bond donors (Lipinski definition) is 2. The van der Waals surface area contributed by atoms with Crippen LogP contribution >= 0.6 is 0 Å². The highest BCUT2D eigenvalue weighted by Gasteiger charge is 2.42. The minimum absolute atomic E-state index is 0.157. The molecular formula is C16H18BF2N3O3. The minimum atomic E-state index is -4.47. The zero-order valence-electron chi connectivity index (χ0n) is 14.0. The van der Waals surface area contributed by atoms with Gasteiger partial charge in [-0.1, -0.05) is 18.2 Å². The van der Waals surface area contributed by atoms with Crippen molar-refractivity contribution in [3.8, 4) is 0 Å². The molecule has 1 aliphatic heterocycles. The van der Waals surface area contributed by atoms with Gasteiger partial charge in [0, 0.05) is 20.3 Å². The molecular weight excluding hydrogens is 331 g/mol. The summed E-state index contributed by atoms with van der Waals surface area (Å²) in [5.74, 6) is -1.84. The second-order valence-electron chi connectivity index (χ2n) is 5.63. The first-order valence-corrected chi connectivity index (χ1v) is 7.51. The van der Waals surface area contributed by atoms with Crippen molar-refractivity contribution in [2.24, 2.45) is 0 Å². The van der Waals surface area contributed by atoms with E-state index < -0.39 is 18.7 Å². The minimum Gasteiger partial charge on any atom is -0.623 e. The van der Waals surface area contributed by atoms with Gasteiger partial charge in [-0.25, -0.2) is 10.1 Å². The van der Waals surface area contributed by atoms with E-state index in [-0.39, 0.29) is 22.7 Å². The van der Waals surface area contributed by atoms with Crippen LogP contribution in [-0.2, 0) is 9.45 Å². The van der Waals surface area contributed by atoms with Gasteiger partial charge in [-0.2, -0.15) is 0 Å². The molecule has 0 spiro atoms. The molecule has 0 fully saturated rings. The molecule has 6 nitrogen and oxygen atoms in total. The van der Waals surface area contributed by atoms with Crippen LogP contribution in [0.2, 0.25) is 0 Å². The van der Waals surface area contributed by atoms with E-state index in [0.717, 1.165) is 0 Å². The van der Waals surface area contributed by atoms with Crippen molar-refractivity contribution in [1.82, 2.24) is 10.2 Å². The van der Waals surface area contributed by atoms with Gasteiger partial charge in [-0.05, 0) is 25.1 Å². The van der Waals surface area contributed by atoms with Crippen molar-refractivity contribution < 1.29 is 27.8 Å². The topological polar surface area (TPSA) is 72.6 Å². The smallest absolute Gasteiger partial charge is 0.623 e. The molecule has 0 aliphatic carbocycles. The van der Waals surface area contributed by atoms with Crippen LogP contribution in [0.4, 0.5) is 8.63 Å². The summed E-state index contributed by atoms with van der Waals surface area (Å²) in [5, 5.41) is 2.34. The summed E-state index contributed by atoms with van der Waals surface area (Å²) in [6.45, 7) is 1.20. The predicted octanol–water partition coefficient (Wildman–Crippen LogP) is 0.219. The Morgan fingerprint density at radius 1 is 1.24 bits per heavy atom. The van der Waals surface area contributed by atoms with E-state index in [2.05, 4.69) is 9.97 Å². The Balaban J connectivity index is 2.42. The third-order valence-electron chi connectivity index (χ3n) is 3.23. The van der Waals surface area contributed by atoms with Crippen LogP contribution in [-0.4, -0.2) is 43.6 Å². The van der Waals surface area contributed by atoms with E-state index in [1.165, 1.54) is 31.3 Å². The monoisotopic (exact) mass is 349 g/mol. The Labute approximate surface area is 143 Å². The van der Waals surface area contributed by atoms with Crippen molar-refractivity contribution in [1.29, 1.82) is 0 Å². The Kier molecular flexibility index (Phi) is 5.36. The Morgan fingerprint density at radius 3 is 2.44 bits per heavy atom. The van der Waals surface area contributed by atoms with Gasteiger partial charge < -0.3 is 23.1 Å². The molecule has 0 saturated heterocycles. The number of benzene rings is 1. The van der Waals surface area contributed by atoms with Gasteiger partial charge in [0.25, 0.3) is 5.84 Å². The van der Waals surface area contributed by atoms with Crippen molar-refractivity contribution in [2.75, 3.05) is 14.1 Å². The normalized spacial score (nSPS) is 16.3. The number of allylic oxidation sites excluding steroid dienone is 1. The number of amides is 1. The molecule has 1 aromatic carbocycles. The number of carbonyl (C=O) groups excluding carboxylic acids is 2. The van der Waals surface area contributed by atoms with Gasteiger partial charge in [0.1, 0.15) is 5.57 Å². The Morgan fingerprint density at radius 2 is 1.88 bits per heavy atom. The molecule has 1 heterocycles. The maximum Gasteiger partial charge on any atom is 0.727 e. The van der Waals surface area contributed by atoms with Gasteiger partial charge in [0.2, 0.25) is 0 Å². The number of amidine groups is 1. The molecule has 132 valence electrons. The summed E-state index contributed by atoms with van der Waals surface area (Å²) >= 11 is 0. The highest BCUT2D eigenvalue weighted by Crippen LogP contribution is 2.18. The molecule has 0 bridgehead atoms. The molecule has 1 amide bonds. The first kappa shape index (κ1) is 18.4. The lowest BCUT2D eigenvalue weighted by atomic mass is 9.99. The molecule has 0 unspecified atom stereocenters. The summed E-state index contributed by atoms with van der Waals surface area (Å²) in [4.78, 5) is 27.6. The van der Waals surface area contributed by atoms with E-state index in [1.807, 2.05) is 4.90 Å². The fourth-order valence-electron chi connectivity index (χ4n) is 2.17. The zero-order valence-corrected chi connectivity index (χ0v) is 14.0. The van der Waals surface area contributed by atoms with Crippen LogP contribution in [0.3, 0.4) is 0 Å². The first-order valence-electron chi connectivity index (χ1n) is 7.51. The Bertz CT molecular complexity index is 774. The van der Waals surface area contributed by atoms with Crippen LogP contribution < -0.4 is 10.2 Å². The zero-order chi connectivity index (χ0) is 18.6. The molecule has 1 aromatic rings. The van der Waals surface area contributed by atoms with Gasteiger partial charge >= 0.3 is 12.9 Å². The number of nitrogens with zero attached hydrogens (tertiary/aromatic N) is 1. The molecule has 0 aromatic heterocycles. The highest BCUT2D eigenvalue weighted by molar-refractivity contribution is 6.51. The van der Waals surface area contributed by atoms with Crippen molar-refractivity contribution in [3.63, 3.8) is 0 Å². The number of Topliss-reactive ketones (excluding diaryl/α,β-unsaturated/α-hetero) is 1. The molecule has 9 heteroatoms. The number of nitrogens with one attached hydrogen (secondary N) is 2. The molecule has 25 heavy (non-hydrogen) atoms. The molecule has 1 aliphatic rings. The second-order valence-corrected chi connectivity index (χ2v) is 5.63. The summed E-state index contributed by atoms with van der Waals surface area (Å²) in [6, 6.07) is 8.06. The van der Waals surface area contributed by atoms with Crippen LogP contribution in [0, 0.1) is 0 Å². The number of hydrogen-bond acceptors (Lipinski definition) is 4. The summed E-state index contributed by atoms with van der Waals surface area (Å²) in [5.41, 5.74) is 0.113. The number of ketones is 1. The molecule has 2 N–H and O–H groups in total. The molecule has 0 radical (unpaired) electrons. The lowest BCUT2D eigenvalue weighted by Crippen LogP contribution is -2.92. The lowest BCUT2D eigenvalue weighted by Gasteiger charge is -2.27. The molecule has 2 rings (SSSR count). The fourth-order valence-corrected chi connectivity index (χ4v) is 2.17. The van der Waals surface area contributed by atoms with E-state index >= 15 is 0 Å².